The summed E-state index contributed by atoms with van der Waals surface area (Å²) in [5.74, 6) is -0.606. The summed E-state index contributed by atoms with van der Waals surface area (Å²) in [6, 6.07) is 15.1. The fourth-order valence-corrected chi connectivity index (χ4v) is 2.05. The topological polar surface area (TPSA) is 76.3 Å². The van der Waals surface area contributed by atoms with E-state index in [4.69, 9.17) is 5.73 Å². The highest BCUT2D eigenvalue weighted by Gasteiger charge is 2.12. The molecule has 0 aliphatic carbocycles. The molecule has 0 spiro atoms. The number of hydrogen-bond donors (Lipinski definition) is 1. The predicted octanol–water partition coefficient (Wildman–Crippen LogP) is 2.00. The SMILES string of the molecule is NC(=O)CCN(Cc1ccccc1)C(=O)/C=C/c1ccccn1. The summed E-state index contributed by atoms with van der Waals surface area (Å²) >= 11 is 0. The number of nitrogens with zero attached hydrogens (tertiary/aromatic N) is 2. The third-order valence-corrected chi connectivity index (χ3v) is 3.24. The average molecular weight is 309 g/mol. The number of hydrogen-bond acceptors (Lipinski definition) is 3. The van der Waals surface area contributed by atoms with Crippen LogP contribution in [-0.4, -0.2) is 28.2 Å². The van der Waals surface area contributed by atoms with Gasteiger partial charge in [-0.2, -0.15) is 0 Å². The van der Waals surface area contributed by atoms with Gasteiger partial charge in [-0.25, -0.2) is 0 Å². The Morgan fingerprint density at radius 2 is 1.83 bits per heavy atom. The lowest BCUT2D eigenvalue weighted by molar-refractivity contribution is -0.127. The number of carbonyl (C=O) groups excluding carboxylic acids is 2. The zero-order chi connectivity index (χ0) is 16.5. The summed E-state index contributed by atoms with van der Waals surface area (Å²) in [7, 11) is 0. The van der Waals surface area contributed by atoms with E-state index in [9.17, 15) is 9.59 Å². The first-order valence-corrected chi connectivity index (χ1v) is 7.35. The number of primary amides is 1. The van der Waals surface area contributed by atoms with E-state index in [0.29, 0.717) is 12.2 Å². The first kappa shape index (κ1) is 16.4. The molecule has 2 rings (SSSR count). The molecule has 1 heterocycles. The third-order valence-electron chi connectivity index (χ3n) is 3.24. The Bertz CT molecular complexity index is 669. The maximum absolute atomic E-state index is 12.4. The Balaban J connectivity index is 2.07. The monoisotopic (exact) mass is 309 g/mol. The van der Waals surface area contributed by atoms with Crippen molar-refractivity contribution < 1.29 is 9.59 Å². The maximum atomic E-state index is 12.4. The van der Waals surface area contributed by atoms with Crippen LogP contribution in [0.1, 0.15) is 17.7 Å². The Kier molecular flexibility index (Phi) is 6.06. The molecule has 1 aromatic heterocycles. The molecule has 0 saturated heterocycles. The molecule has 0 fully saturated rings. The number of amides is 2. The minimum Gasteiger partial charge on any atom is -0.370 e. The van der Waals surface area contributed by atoms with Gasteiger partial charge >= 0.3 is 0 Å². The van der Waals surface area contributed by atoms with Gasteiger partial charge in [-0.3, -0.25) is 14.6 Å². The summed E-state index contributed by atoms with van der Waals surface area (Å²) in [6.45, 7) is 0.717. The van der Waals surface area contributed by atoms with E-state index in [1.165, 1.54) is 6.08 Å². The van der Waals surface area contributed by atoms with Crippen molar-refractivity contribution in [3.63, 3.8) is 0 Å². The smallest absolute Gasteiger partial charge is 0.246 e. The molecule has 5 heteroatoms. The van der Waals surface area contributed by atoms with Gasteiger partial charge in [-0.05, 0) is 23.8 Å². The Morgan fingerprint density at radius 1 is 1.09 bits per heavy atom. The van der Waals surface area contributed by atoms with Crippen LogP contribution in [0, 0.1) is 0 Å². The molecule has 0 radical (unpaired) electrons. The van der Waals surface area contributed by atoms with Gasteiger partial charge in [0.15, 0.2) is 0 Å². The second-order valence-corrected chi connectivity index (χ2v) is 5.05. The molecule has 0 aliphatic heterocycles. The highest BCUT2D eigenvalue weighted by Crippen LogP contribution is 2.07. The van der Waals surface area contributed by atoms with Crippen LogP contribution in [0.2, 0.25) is 0 Å². The summed E-state index contributed by atoms with van der Waals surface area (Å²) in [5.41, 5.74) is 6.90. The second kappa shape index (κ2) is 8.48. The van der Waals surface area contributed by atoms with E-state index in [-0.39, 0.29) is 18.9 Å². The van der Waals surface area contributed by atoms with Gasteiger partial charge in [0.2, 0.25) is 11.8 Å². The third kappa shape index (κ3) is 5.74. The summed E-state index contributed by atoms with van der Waals surface area (Å²) in [6.07, 6.45) is 4.92. The molecule has 2 aromatic rings. The van der Waals surface area contributed by atoms with Gasteiger partial charge in [0.05, 0.1) is 5.69 Å². The van der Waals surface area contributed by atoms with E-state index in [1.807, 2.05) is 48.5 Å². The molecule has 1 aromatic carbocycles. The van der Waals surface area contributed by atoms with Gasteiger partial charge in [0.1, 0.15) is 0 Å². The Morgan fingerprint density at radius 3 is 2.48 bits per heavy atom. The molecule has 5 nitrogen and oxygen atoms in total. The number of aromatic nitrogens is 1. The van der Waals surface area contributed by atoms with Crippen molar-refractivity contribution in [3.8, 4) is 0 Å². The number of nitrogens with two attached hydrogens (primary N) is 1. The van der Waals surface area contributed by atoms with Crippen molar-refractivity contribution in [2.45, 2.75) is 13.0 Å². The number of benzene rings is 1. The van der Waals surface area contributed by atoms with E-state index in [0.717, 1.165) is 5.56 Å². The Hall–Kier alpha value is -2.95. The van der Waals surface area contributed by atoms with Crippen LogP contribution in [0.25, 0.3) is 6.08 Å². The minimum atomic E-state index is -0.426. The lowest BCUT2D eigenvalue weighted by atomic mass is 10.2. The molecule has 2 amide bonds. The lowest BCUT2D eigenvalue weighted by Crippen LogP contribution is -2.32. The van der Waals surface area contributed by atoms with Crippen molar-refractivity contribution in [1.82, 2.24) is 9.88 Å². The van der Waals surface area contributed by atoms with E-state index in [1.54, 1.807) is 17.2 Å². The second-order valence-electron chi connectivity index (χ2n) is 5.05. The van der Waals surface area contributed by atoms with Gasteiger partial charge in [-0.1, -0.05) is 36.4 Å². The van der Waals surface area contributed by atoms with Crippen LogP contribution < -0.4 is 5.73 Å². The minimum absolute atomic E-state index is 0.135. The Labute approximate surface area is 135 Å². The van der Waals surface area contributed by atoms with E-state index in [2.05, 4.69) is 4.98 Å². The molecule has 118 valence electrons. The predicted molar refractivity (Wildman–Crippen MR) is 88.9 cm³/mol. The molecular formula is C18H19N3O2. The van der Waals surface area contributed by atoms with Crippen molar-refractivity contribution >= 4 is 17.9 Å². The fraction of sp³-hybridized carbons (Fsp3) is 0.167. The van der Waals surface area contributed by atoms with Crippen LogP contribution in [0.15, 0.2) is 60.8 Å². The maximum Gasteiger partial charge on any atom is 0.246 e. The van der Waals surface area contributed by atoms with Gasteiger partial charge in [-0.15, -0.1) is 0 Å². The average Bonchev–Trinajstić information content (AvgIpc) is 2.58. The standard InChI is InChI=1S/C18H19N3O2/c19-17(22)11-13-21(14-15-6-2-1-3-7-15)18(23)10-9-16-8-4-5-12-20-16/h1-10,12H,11,13-14H2,(H2,19,22)/b10-9+. The molecular weight excluding hydrogens is 290 g/mol. The van der Waals surface area contributed by atoms with Crippen LogP contribution in [0.4, 0.5) is 0 Å². The first-order chi connectivity index (χ1) is 11.1. The molecule has 0 atom stereocenters. The largest absolute Gasteiger partial charge is 0.370 e. The quantitative estimate of drug-likeness (QED) is 0.795. The molecule has 23 heavy (non-hydrogen) atoms. The fourth-order valence-electron chi connectivity index (χ4n) is 2.05. The summed E-state index contributed by atoms with van der Waals surface area (Å²) in [4.78, 5) is 29.1. The normalized spacial score (nSPS) is 10.6. The summed E-state index contributed by atoms with van der Waals surface area (Å²) < 4.78 is 0. The van der Waals surface area contributed by atoms with Crippen molar-refractivity contribution in [3.05, 3.63) is 72.1 Å². The van der Waals surface area contributed by atoms with E-state index < -0.39 is 5.91 Å². The number of pyridine rings is 1. The lowest BCUT2D eigenvalue weighted by Gasteiger charge is -2.20. The summed E-state index contributed by atoms with van der Waals surface area (Å²) in [5, 5.41) is 0. The van der Waals surface area contributed by atoms with Crippen LogP contribution in [0.3, 0.4) is 0 Å². The van der Waals surface area contributed by atoms with Crippen molar-refractivity contribution in [1.29, 1.82) is 0 Å². The van der Waals surface area contributed by atoms with Crippen LogP contribution in [0.5, 0.6) is 0 Å². The molecule has 0 bridgehead atoms. The zero-order valence-electron chi connectivity index (χ0n) is 12.8. The highest BCUT2D eigenvalue weighted by atomic mass is 16.2. The van der Waals surface area contributed by atoms with Crippen LogP contribution in [-0.2, 0) is 16.1 Å². The molecule has 0 saturated carbocycles. The molecule has 0 unspecified atom stereocenters. The van der Waals surface area contributed by atoms with Gasteiger partial charge in [0.25, 0.3) is 0 Å². The van der Waals surface area contributed by atoms with Crippen molar-refractivity contribution in [2.75, 3.05) is 6.54 Å². The van der Waals surface area contributed by atoms with Gasteiger partial charge < -0.3 is 10.6 Å². The molecule has 0 aliphatic rings. The zero-order valence-corrected chi connectivity index (χ0v) is 12.8. The van der Waals surface area contributed by atoms with Crippen molar-refractivity contribution in [2.24, 2.45) is 5.73 Å². The van der Waals surface area contributed by atoms with Crippen LogP contribution >= 0.6 is 0 Å². The number of rotatable bonds is 7. The van der Waals surface area contributed by atoms with Gasteiger partial charge in [0, 0.05) is 31.8 Å². The van der Waals surface area contributed by atoms with E-state index >= 15 is 0 Å². The molecule has 2 N–H and O–H groups in total. The number of carbonyl (C=O) groups is 2. The highest BCUT2D eigenvalue weighted by molar-refractivity contribution is 5.91. The first-order valence-electron chi connectivity index (χ1n) is 7.35.